The molecular weight excluding hydrogens is 298 g/mol. The summed E-state index contributed by atoms with van der Waals surface area (Å²) in [4.78, 5) is 12.0. The maximum Gasteiger partial charge on any atom is 0.271 e. The van der Waals surface area contributed by atoms with Crippen LogP contribution in [0.5, 0.6) is 17.2 Å². The number of hydrogen-bond acceptors (Lipinski definition) is 5. The van der Waals surface area contributed by atoms with Crippen LogP contribution in [0.4, 0.5) is 0 Å². The lowest BCUT2D eigenvalue weighted by molar-refractivity contribution is 0.0942. The first kappa shape index (κ1) is 13.9. The lowest BCUT2D eigenvalue weighted by Crippen LogP contribution is -2.28. The van der Waals surface area contributed by atoms with Crippen LogP contribution in [-0.2, 0) is 0 Å². The number of nitrogens with one attached hydrogen (secondary N) is 2. The van der Waals surface area contributed by atoms with Crippen molar-refractivity contribution in [1.29, 1.82) is 0 Å². The fraction of sp³-hybridized carbons (Fsp3) is 0.375. The van der Waals surface area contributed by atoms with E-state index in [-0.39, 0.29) is 12.7 Å². The first-order valence-corrected chi connectivity index (χ1v) is 7.65. The van der Waals surface area contributed by atoms with E-state index < -0.39 is 0 Å². The highest BCUT2D eigenvalue weighted by Crippen LogP contribution is 2.39. The van der Waals surface area contributed by atoms with Crippen molar-refractivity contribution in [2.24, 2.45) is 0 Å². The number of aromatic nitrogens is 2. The van der Waals surface area contributed by atoms with Crippen molar-refractivity contribution in [3.63, 3.8) is 0 Å². The van der Waals surface area contributed by atoms with E-state index in [9.17, 15) is 4.79 Å². The van der Waals surface area contributed by atoms with Gasteiger partial charge in [-0.25, -0.2) is 0 Å². The van der Waals surface area contributed by atoms with Crippen molar-refractivity contribution < 1.29 is 19.0 Å². The normalized spacial score (nSPS) is 15.5. The molecule has 7 heteroatoms. The molecule has 0 bridgehead atoms. The number of nitrogens with zero attached hydrogens (tertiary/aromatic N) is 1. The molecule has 1 aromatic carbocycles. The topological polar surface area (TPSA) is 85.5 Å². The highest BCUT2D eigenvalue weighted by Gasteiger charge is 2.26. The van der Waals surface area contributed by atoms with Crippen LogP contribution in [0.2, 0.25) is 0 Å². The summed E-state index contributed by atoms with van der Waals surface area (Å²) in [6.45, 7) is 1.01. The number of fused-ring (bicyclic) bond motifs is 1. The summed E-state index contributed by atoms with van der Waals surface area (Å²) in [6.07, 6.45) is 2.35. The summed E-state index contributed by atoms with van der Waals surface area (Å²) in [7, 11) is 0. The maximum atomic E-state index is 12.0. The highest BCUT2D eigenvalue weighted by atomic mass is 16.7. The summed E-state index contributed by atoms with van der Waals surface area (Å²) in [5.74, 6) is 2.44. The fourth-order valence-corrected chi connectivity index (χ4v) is 2.45. The second-order valence-electron chi connectivity index (χ2n) is 5.60. The van der Waals surface area contributed by atoms with Crippen LogP contribution >= 0.6 is 0 Å². The molecule has 120 valence electrons. The van der Waals surface area contributed by atoms with Gasteiger partial charge in [0.25, 0.3) is 5.91 Å². The van der Waals surface area contributed by atoms with Crippen molar-refractivity contribution in [2.45, 2.75) is 18.8 Å². The van der Waals surface area contributed by atoms with E-state index in [1.165, 1.54) is 12.8 Å². The van der Waals surface area contributed by atoms with Gasteiger partial charge in [-0.05, 0) is 31.0 Å². The Morgan fingerprint density at radius 2 is 2.17 bits per heavy atom. The second kappa shape index (κ2) is 5.83. The third kappa shape index (κ3) is 3.08. The Hall–Kier alpha value is -2.70. The average molecular weight is 315 g/mol. The fourth-order valence-electron chi connectivity index (χ4n) is 2.45. The summed E-state index contributed by atoms with van der Waals surface area (Å²) in [6, 6.07) is 7.22. The standard InChI is InChI=1S/C16H17N3O4/c20-16(13-8-12(18-19-13)10-1-2-10)17-5-6-21-11-3-4-14-15(7-11)23-9-22-14/h3-4,7-8,10H,1-2,5-6,9H2,(H,17,20)(H,18,19). The first-order valence-electron chi connectivity index (χ1n) is 7.65. The van der Waals surface area contributed by atoms with Crippen molar-refractivity contribution in [1.82, 2.24) is 15.5 Å². The van der Waals surface area contributed by atoms with Crippen molar-refractivity contribution in [2.75, 3.05) is 19.9 Å². The Bertz CT molecular complexity index is 724. The van der Waals surface area contributed by atoms with Gasteiger partial charge in [0.05, 0.1) is 6.54 Å². The van der Waals surface area contributed by atoms with Gasteiger partial charge in [-0.1, -0.05) is 0 Å². The minimum atomic E-state index is -0.192. The van der Waals surface area contributed by atoms with Crippen molar-refractivity contribution in [3.05, 3.63) is 35.7 Å². The van der Waals surface area contributed by atoms with Crippen LogP contribution in [0.25, 0.3) is 0 Å². The molecule has 0 atom stereocenters. The number of amides is 1. The van der Waals surface area contributed by atoms with Gasteiger partial charge in [0.2, 0.25) is 6.79 Å². The third-order valence-electron chi connectivity index (χ3n) is 3.85. The molecule has 7 nitrogen and oxygen atoms in total. The highest BCUT2D eigenvalue weighted by molar-refractivity contribution is 5.92. The minimum Gasteiger partial charge on any atom is -0.492 e. The monoisotopic (exact) mass is 315 g/mol. The minimum absolute atomic E-state index is 0.192. The third-order valence-corrected chi connectivity index (χ3v) is 3.85. The van der Waals surface area contributed by atoms with Gasteiger partial charge in [-0.2, -0.15) is 5.10 Å². The van der Waals surface area contributed by atoms with Gasteiger partial charge in [0, 0.05) is 17.7 Å². The smallest absolute Gasteiger partial charge is 0.271 e. The van der Waals surface area contributed by atoms with Gasteiger partial charge in [0.15, 0.2) is 11.5 Å². The van der Waals surface area contributed by atoms with Crippen LogP contribution < -0.4 is 19.5 Å². The molecule has 0 spiro atoms. The van der Waals surface area contributed by atoms with E-state index >= 15 is 0 Å². The number of ether oxygens (including phenoxy) is 3. The lowest BCUT2D eigenvalue weighted by Gasteiger charge is -2.07. The SMILES string of the molecule is O=C(NCCOc1ccc2c(c1)OCO2)c1cc(C2CC2)[nH]n1. The molecule has 1 aromatic heterocycles. The number of rotatable bonds is 6. The molecule has 4 rings (SSSR count). The molecule has 1 aliphatic heterocycles. The van der Waals surface area contributed by atoms with E-state index in [0.717, 1.165) is 11.4 Å². The molecule has 1 saturated carbocycles. The number of H-pyrrole nitrogens is 1. The molecule has 0 radical (unpaired) electrons. The summed E-state index contributed by atoms with van der Waals surface area (Å²) in [5, 5.41) is 9.76. The van der Waals surface area contributed by atoms with Crippen molar-refractivity contribution >= 4 is 5.91 Å². The largest absolute Gasteiger partial charge is 0.492 e. The molecule has 2 N–H and O–H groups in total. The van der Waals surface area contributed by atoms with Gasteiger partial charge in [0.1, 0.15) is 18.1 Å². The zero-order valence-electron chi connectivity index (χ0n) is 12.5. The molecule has 1 fully saturated rings. The second-order valence-corrected chi connectivity index (χ2v) is 5.60. The van der Waals surface area contributed by atoms with E-state index in [0.29, 0.717) is 36.3 Å². The number of carbonyl (C=O) groups is 1. The van der Waals surface area contributed by atoms with Gasteiger partial charge in [-0.3, -0.25) is 9.89 Å². The molecule has 2 aliphatic rings. The number of benzene rings is 1. The van der Waals surface area contributed by atoms with Crippen LogP contribution in [0, 0.1) is 0 Å². The van der Waals surface area contributed by atoms with Crippen molar-refractivity contribution in [3.8, 4) is 17.2 Å². The quantitative estimate of drug-likeness (QED) is 0.794. The summed E-state index contributed by atoms with van der Waals surface area (Å²) < 4.78 is 16.1. The number of carbonyl (C=O) groups excluding carboxylic acids is 1. The summed E-state index contributed by atoms with van der Waals surface area (Å²) in [5.41, 5.74) is 1.47. The molecule has 0 saturated heterocycles. The van der Waals surface area contributed by atoms with E-state index in [1.54, 1.807) is 12.1 Å². The van der Waals surface area contributed by atoms with E-state index in [2.05, 4.69) is 15.5 Å². The molecule has 1 amide bonds. The van der Waals surface area contributed by atoms with Gasteiger partial charge >= 0.3 is 0 Å². The average Bonchev–Trinajstić information content (AvgIpc) is 3.12. The molecule has 0 unspecified atom stereocenters. The Morgan fingerprint density at radius 3 is 3.04 bits per heavy atom. The molecule has 23 heavy (non-hydrogen) atoms. The van der Waals surface area contributed by atoms with Gasteiger partial charge in [-0.15, -0.1) is 0 Å². The Kier molecular flexibility index (Phi) is 3.53. The Balaban J connectivity index is 1.24. The van der Waals surface area contributed by atoms with Crippen LogP contribution in [-0.4, -0.2) is 36.0 Å². The van der Waals surface area contributed by atoms with Crippen LogP contribution in [0.3, 0.4) is 0 Å². The number of aromatic amines is 1. The predicted octanol–water partition coefficient (Wildman–Crippen LogP) is 1.82. The van der Waals surface area contributed by atoms with E-state index in [1.807, 2.05) is 12.1 Å². The van der Waals surface area contributed by atoms with Crippen LogP contribution in [0.1, 0.15) is 34.9 Å². The van der Waals surface area contributed by atoms with Gasteiger partial charge < -0.3 is 19.5 Å². The molecule has 2 aromatic rings. The molecule has 2 heterocycles. The van der Waals surface area contributed by atoms with Crippen LogP contribution in [0.15, 0.2) is 24.3 Å². The zero-order chi connectivity index (χ0) is 15.6. The first-order chi connectivity index (χ1) is 11.3. The zero-order valence-corrected chi connectivity index (χ0v) is 12.5. The Morgan fingerprint density at radius 1 is 1.30 bits per heavy atom. The lowest BCUT2D eigenvalue weighted by atomic mass is 10.2. The maximum absolute atomic E-state index is 12.0. The Labute approximate surface area is 132 Å². The number of hydrogen-bond donors (Lipinski definition) is 2. The summed E-state index contributed by atoms with van der Waals surface area (Å²) >= 11 is 0. The predicted molar refractivity (Wildman–Crippen MR) is 81.0 cm³/mol. The van der Waals surface area contributed by atoms with E-state index in [4.69, 9.17) is 14.2 Å². The molecular formula is C16H17N3O4. The molecule has 1 aliphatic carbocycles.